The van der Waals surface area contributed by atoms with Gasteiger partial charge in [-0.25, -0.2) is 9.07 Å². The van der Waals surface area contributed by atoms with Crippen LogP contribution in [0.15, 0.2) is 84.3 Å². The highest BCUT2D eigenvalue weighted by Crippen LogP contribution is 2.37. The molecule has 0 saturated carbocycles. The molecule has 2 aromatic heterocycles. The zero-order chi connectivity index (χ0) is 22.9. The number of carbonyl (C=O) groups excluding carboxylic acids is 1. The van der Waals surface area contributed by atoms with Crippen LogP contribution >= 0.6 is 0 Å². The van der Waals surface area contributed by atoms with E-state index >= 15 is 0 Å². The normalized spacial score (nSPS) is 15.0. The zero-order valence-corrected chi connectivity index (χ0v) is 17.5. The van der Waals surface area contributed by atoms with Crippen molar-refractivity contribution in [3.63, 3.8) is 0 Å². The number of nitrogens with zero attached hydrogens (tertiary/aromatic N) is 4. The molecule has 5 rings (SSSR count). The van der Waals surface area contributed by atoms with E-state index in [1.807, 2.05) is 0 Å². The predicted octanol–water partition coefficient (Wildman–Crippen LogP) is 4.11. The van der Waals surface area contributed by atoms with Crippen molar-refractivity contribution in [1.82, 2.24) is 19.7 Å². The number of carbonyl (C=O) groups is 1. The van der Waals surface area contributed by atoms with E-state index in [0.717, 1.165) is 0 Å². The van der Waals surface area contributed by atoms with Crippen molar-refractivity contribution in [2.45, 2.75) is 13.0 Å². The van der Waals surface area contributed by atoms with Gasteiger partial charge in [-0.1, -0.05) is 18.2 Å². The van der Waals surface area contributed by atoms with Gasteiger partial charge in [-0.15, -0.1) is 5.10 Å². The van der Waals surface area contributed by atoms with E-state index in [2.05, 4.69) is 25.7 Å². The van der Waals surface area contributed by atoms with Crippen molar-refractivity contribution in [3.8, 4) is 17.1 Å². The van der Waals surface area contributed by atoms with Crippen molar-refractivity contribution >= 4 is 17.5 Å². The molecule has 0 bridgehead atoms. The fraction of sp³-hybridized carbons (Fsp3) is 0.0833. The molecule has 3 heterocycles. The molecule has 0 saturated heterocycles. The highest BCUT2D eigenvalue weighted by atomic mass is 19.1. The van der Waals surface area contributed by atoms with Gasteiger partial charge in [0.15, 0.2) is 5.82 Å². The molecule has 2 aromatic carbocycles. The summed E-state index contributed by atoms with van der Waals surface area (Å²) in [5, 5.41) is 20.1. The van der Waals surface area contributed by atoms with Gasteiger partial charge >= 0.3 is 0 Å². The number of hydrogen-bond donors (Lipinski definition) is 3. The number of aromatic nitrogens is 4. The Labute approximate surface area is 188 Å². The number of benzene rings is 2. The maximum atomic E-state index is 15.0. The number of hydrogen-bond acceptors (Lipinski definition) is 6. The smallest absolute Gasteiger partial charge is 0.255 e. The van der Waals surface area contributed by atoms with Crippen LogP contribution in [-0.2, 0) is 4.79 Å². The Hall–Kier alpha value is -4.53. The number of fused-ring (bicyclic) bond motifs is 1. The summed E-state index contributed by atoms with van der Waals surface area (Å²) in [6.07, 6.45) is 3.14. The summed E-state index contributed by atoms with van der Waals surface area (Å²) in [4.78, 5) is 21.9. The molecule has 8 nitrogen and oxygen atoms in total. The average molecular weight is 442 g/mol. The van der Waals surface area contributed by atoms with E-state index in [4.69, 9.17) is 0 Å². The van der Waals surface area contributed by atoms with E-state index in [-0.39, 0.29) is 11.3 Å². The minimum absolute atomic E-state index is 0.122. The van der Waals surface area contributed by atoms with Crippen LogP contribution in [0, 0.1) is 5.82 Å². The third-order valence-corrected chi connectivity index (χ3v) is 5.34. The number of rotatable bonds is 4. The number of halogens is 1. The van der Waals surface area contributed by atoms with E-state index in [1.165, 1.54) is 29.1 Å². The highest BCUT2D eigenvalue weighted by molar-refractivity contribution is 6.05. The van der Waals surface area contributed by atoms with Gasteiger partial charge in [0.1, 0.15) is 17.6 Å². The van der Waals surface area contributed by atoms with Crippen molar-refractivity contribution < 1.29 is 14.3 Å². The molecular formula is C24H19FN6O2. The Bertz CT molecular complexity index is 1370. The van der Waals surface area contributed by atoms with Crippen molar-refractivity contribution in [2.24, 2.45) is 0 Å². The maximum Gasteiger partial charge on any atom is 0.255 e. The van der Waals surface area contributed by atoms with Gasteiger partial charge < -0.3 is 15.7 Å². The maximum absolute atomic E-state index is 15.0. The molecule has 1 unspecified atom stereocenters. The molecule has 1 aliphatic heterocycles. The first-order chi connectivity index (χ1) is 16.0. The predicted molar refractivity (Wildman–Crippen MR) is 121 cm³/mol. The van der Waals surface area contributed by atoms with Crippen LogP contribution in [-0.4, -0.2) is 30.8 Å². The fourth-order valence-electron chi connectivity index (χ4n) is 3.80. The molecule has 0 fully saturated rings. The molecule has 9 heteroatoms. The van der Waals surface area contributed by atoms with Gasteiger partial charge in [0, 0.05) is 23.0 Å². The summed E-state index contributed by atoms with van der Waals surface area (Å²) in [5.41, 5.74) is 2.31. The molecule has 164 valence electrons. The second-order valence-electron chi connectivity index (χ2n) is 7.53. The first-order valence-corrected chi connectivity index (χ1v) is 10.2. The third-order valence-electron chi connectivity index (χ3n) is 5.34. The minimum Gasteiger partial charge on any atom is -0.508 e. The third kappa shape index (κ3) is 3.80. The van der Waals surface area contributed by atoms with Crippen molar-refractivity contribution in [1.29, 1.82) is 0 Å². The summed E-state index contributed by atoms with van der Waals surface area (Å²) in [7, 11) is 0. The largest absolute Gasteiger partial charge is 0.508 e. The van der Waals surface area contributed by atoms with Gasteiger partial charge in [0.05, 0.1) is 17.5 Å². The van der Waals surface area contributed by atoms with Crippen LogP contribution in [0.1, 0.15) is 18.5 Å². The van der Waals surface area contributed by atoms with E-state index in [1.54, 1.807) is 55.6 Å². The number of amides is 1. The second-order valence-corrected chi connectivity index (χ2v) is 7.53. The van der Waals surface area contributed by atoms with Gasteiger partial charge in [-0.3, -0.25) is 9.78 Å². The van der Waals surface area contributed by atoms with Gasteiger partial charge in [0.25, 0.3) is 5.91 Å². The molecule has 33 heavy (non-hydrogen) atoms. The summed E-state index contributed by atoms with van der Waals surface area (Å²) in [5.74, 6) is 0.00404. The van der Waals surface area contributed by atoms with Crippen LogP contribution in [0.2, 0.25) is 0 Å². The molecule has 4 aromatic rings. The number of aromatic hydroxyl groups is 1. The van der Waals surface area contributed by atoms with E-state index in [9.17, 15) is 14.3 Å². The zero-order valence-electron chi connectivity index (χ0n) is 17.5. The van der Waals surface area contributed by atoms with Gasteiger partial charge in [-0.05, 0) is 49.4 Å². The SMILES string of the molecule is CC1=C(C(=O)Nc2cccnc2)C(c2ccccc2F)n2nc(-c3ccc(O)cc3)nc2N1. The average Bonchev–Trinajstić information content (AvgIpc) is 3.23. The highest BCUT2D eigenvalue weighted by Gasteiger charge is 2.35. The molecule has 1 amide bonds. The number of allylic oxidation sites excluding steroid dienone is 1. The molecule has 3 N–H and O–H groups in total. The first kappa shape index (κ1) is 20.4. The lowest BCUT2D eigenvalue weighted by Gasteiger charge is -2.28. The first-order valence-electron chi connectivity index (χ1n) is 10.2. The molecule has 0 aliphatic carbocycles. The number of anilines is 2. The number of pyridine rings is 1. The molecular weight excluding hydrogens is 423 g/mol. The lowest BCUT2D eigenvalue weighted by atomic mass is 9.94. The lowest BCUT2D eigenvalue weighted by molar-refractivity contribution is -0.113. The Morgan fingerprint density at radius 1 is 1.12 bits per heavy atom. The molecule has 0 radical (unpaired) electrons. The number of phenolic OH excluding ortho intramolecular Hbond substituents is 1. The number of phenols is 1. The Morgan fingerprint density at radius 2 is 1.91 bits per heavy atom. The molecule has 1 aliphatic rings. The molecule has 0 spiro atoms. The molecule has 1 atom stereocenters. The lowest BCUT2D eigenvalue weighted by Crippen LogP contribution is -2.32. The topological polar surface area (TPSA) is 105 Å². The quantitative estimate of drug-likeness (QED) is 0.439. The number of nitrogens with one attached hydrogen (secondary N) is 2. The standard InChI is InChI=1S/C24H19FN6O2/c1-14-20(23(33)28-16-5-4-12-26-13-16)21(18-6-2-3-7-19(18)25)31-24(27-14)29-22(30-31)15-8-10-17(32)11-9-15/h2-13,21,32H,1H3,(H,28,33)(H,27,29,30). The van der Waals surface area contributed by atoms with Crippen LogP contribution in [0.3, 0.4) is 0 Å². The summed E-state index contributed by atoms with van der Waals surface area (Å²) in [6, 6.07) is 15.3. The Morgan fingerprint density at radius 3 is 2.64 bits per heavy atom. The summed E-state index contributed by atoms with van der Waals surface area (Å²) in [6.45, 7) is 1.74. The Kier molecular flexibility index (Phi) is 5.06. The van der Waals surface area contributed by atoms with Crippen LogP contribution < -0.4 is 10.6 Å². The van der Waals surface area contributed by atoms with E-state index in [0.29, 0.717) is 34.3 Å². The van der Waals surface area contributed by atoms with Crippen LogP contribution in [0.25, 0.3) is 11.4 Å². The second kappa shape index (κ2) is 8.19. The van der Waals surface area contributed by atoms with E-state index < -0.39 is 17.8 Å². The van der Waals surface area contributed by atoms with Gasteiger partial charge in [0.2, 0.25) is 5.95 Å². The van der Waals surface area contributed by atoms with Crippen LogP contribution in [0.4, 0.5) is 16.0 Å². The summed E-state index contributed by atoms with van der Waals surface area (Å²) < 4.78 is 16.5. The van der Waals surface area contributed by atoms with Gasteiger partial charge in [-0.2, -0.15) is 4.98 Å². The Balaban J connectivity index is 1.62. The minimum atomic E-state index is -0.850. The summed E-state index contributed by atoms with van der Waals surface area (Å²) >= 11 is 0. The van der Waals surface area contributed by atoms with Crippen molar-refractivity contribution in [3.05, 3.63) is 95.7 Å². The monoisotopic (exact) mass is 442 g/mol. The van der Waals surface area contributed by atoms with Crippen LogP contribution in [0.5, 0.6) is 5.75 Å². The fourth-order valence-corrected chi connectivity index (χ4v) is 3.80. The van der Waals surface area contributed by atoms with Crippen molar-refractivity contribution in [2.75, 3.05) is 10.6 Å².